The predicted octanol–water partition coefficient (Wildman–Crippen LogP) is -0.822. The van der Waals surface area contributed by atoms with Gasteiger partial charge in [0.05, 0.1) is 18.5 Å². The molecule has 0 aromatic heterocycles. The van der Waals surface area contributed by atoms with Gasteiger partial charge in [0, 0.05) is 19.6 Å². The van der Waals surface area contributed by atoms with E-state index in [1.54, 1.807) is 4.90 Å². The third-order valence-electron chi connectivity index (χ3n) is 3.98. The van der Waals surface area contributed by atoms with Gasteiger partial charge in [-0.2, -0.15) is 0 Å². The van der Waals surface area contributed by atoms with Gasteiger partial charge in [-0.25, -0.2) is 0 Å². The Morgan fingerprint density at radius 2 is 2.00 bits per heavy atom. The van der Waals surface area contributed by atoms with Crippen LogP contribution in [0.4, 0.5) is 0 Å². The number of carboxylic acids is 1. The zero-order valence-electron chi connectivity index (χ0n) is 11.4. The Bertz CT molecular complexity index is 391. The van der Waals surface area contributed by atoms with E-state index in [9.17, 15) is 14.4 Å². The van der Waals surface area contributed by atoms with Crippen LogP contribution in [0.15, 0.2) is 0 Å². The minimum Gasteiger partial charge on any atom is -0.481 e. The largest absolute Gasteiger partial charge is 0.481 e. The van der Waals surface area contributed by atoms with Gasteiger partial charge in [-0.05, 0) is 25.7 Å². The first-order valence-corrected chi connectivity index (χ1v) is 7.09. The van der Waals surface area contributed by atoms with Gasteiger partial charge < -0.3 is 15.3 Å². The summed E-state index contributed by atoms with van der Waals surface area (Å²) in [5, 5.41) is 14.7. The molecule has 0 spiro atoms. The Morgan fingerprint density at radius 3 is 2.60 bits per heavy atom. The third-order valence-corrected chi connectivity index (χ3v) is 3.98. The van der Waals surface area contributed by atoms with Gasteiger partial charge in [-0.15, -0.1) is 0 Å². The van der Waals surface area contributed by atoms with Crippen LogP contribution in [-0.2, 0) is 14.4 Å². The van der Waals surface area contributed by atoms with E-state index in [4.69, 9.17) is 5.11 Å². The molecule has 0 saturated carbocycles. The first-order chi connectivity index (χ1) is 9.58. The van der Waals surface area contributed by atoms with E-state index in [1.807, 2.05) is 0 Å². The topological polar surface area (TPSA) is 98.7 Å². The number of nitrogens with zero attached hydrogens (tertiary/aromatic N) is 1. The highest BCUT2D eigenvalue weighted by molar-refractivity contribution is 5.84. The Balaban J connectivity index is 1.73. The highest BCUT2D eigenvalue weighted by atomic mass is 16.4. The lowest BCUT2D eigenvalue weighted by Gasteiger charge is -2.31. The number of hydrogen-bond donors (Lipinski definition) is 3. The number of carbonyl (C=O) groups excluding carboxylic acids is 2. The number of aliphatic carboxylic acids is 1. The normalized spacial score (nSPS) is 24.3. The van der Waals surface area contributed by atoms with Crippen molar-refractivity contribution in [3.8, 4) is 0 Å². The summed E-state index contributed by atoms with van der Waals surface area (Å²) in [6.45, 7) is 1.80. The zero-order valence-corrected chi connectivity index (χ0v) is 11.4. The summed E-state index contributed by atoms with van der Waals surface area (Å²) < 4.78 is 0. The number of piperidine rings is 2. The minimum atomic E-state index is -0.783. The van der Waals surface area contributed by atoms with Crippen molar-refractivity contribution in [3.63, 3.8) is 0 Å². The molecule has 2 heterocycles. The van der Waals surface area contributed by atoms with Crippen LogP contribution in [-0.4, -0.2) is 60.0 Å². The van der Waals surface area contributed by atoms with Gasteiger partial charge in [0.1, 0.15) is 0 Å². The maximum Gasteiger partial charge on any atom is 0.306 e. The second kappa shape index (κ2) is 6.69. The van der Waals surface area contributed by atoms with Gasteiger partial charge in [-0.3, -0.25) is 19.7 Å². The number of hydrogen-bond acceptors (Lipinski definition) is 4. The third kappa shape index (κ3) is 3.69. The molecule has 2 rings (SSSR count). The first kappa shape index (κ1) is 14.8. The van der Waals surface area contributed by atoms with Gasteiger partial charge in [0.2, 0.25) is 11.8 Å². The van der Waals surface area contributed by atoms with Gasteiger partial charge in [0.15, 0.2) is 0 Å². The van der Waals surface area contributed by atoms with Gasteiger partial charge >= 0.3 is 5.97 Å². The summed E-state index contributed by atoms with van der Waals surface area (Å²) >= 11 is 0. The van der Waals surface area contributed by atoms with E-state index in [2.05, 4.69) is 10.6 Å². The Morgan fingerprint density at radius 1 is 1.30 bits per heavy atom. The number of carbonyl (C=O) groups is 3. The smallest absolute Gasteiger partial charge is 0.306 e. The number of amides is 2. The molecular formula is C13H21N3O4. The number of nitrogens with one attached hydrogen (secondary N) is 2. The Hall–Kier alpha value is -1.63. The molecule has 0 aliphatic carbocycles. The second-order valence-electron chi connectivity index (χ2n) is 5.36. The van der Waals surface area contributed by atoms with Crippen LogP contribution < -0.4 is 10.6 Å². The molecule has 7 nitrogen and oxygen atoms in total. The summed E-state index contributed by atoms with van der Waals surface area (Å²) in [6, 6.07) is -0.288. The summed E-state index contributed by atoms with van der Waals surface area (Å²) in [6.07, 6.45) is 2.68. The van der Waals surface area contributed by atoms with E-state index < -0.39 is 5.97 Å². The second-order valence-corrected chi connectivity index (χ2v) is 5.36. The van der Waals surface area contributed by atoms with Gasteiger partial charge in [0.25, 0.3) is 0 Å². The predicted molar refractivity (Wildman–Crippen MR) is 71.0 cm³/mol. The highest BCUT2D eigenvalue weighted by Crippen LogP contribution is 2.17. The first-order valence-electron chi connectivity index (χ1n) is 7.09. The van der Waals surface area contributed by atoms with Crippen molar-refractivity contribution in [2.45, 2.75) is 31.7 Å². The van der Waals surface area contributed by atoms with Crippen molar-refractivity contribution in [2.24, 2.45) is 5.92 Å². The van der Waals surface area contributed by atoms with Gasteiger partial charge in [-0.1, -0.05) is 0 Å². The van der Waals surface area contributed by atoms with E-state index in [-0.39, 0.29) is 30.3 Å². The average Bonchev–Trinajstić information content (AvgIpc) is 2.46. The molecule has 0 aromatic carbocycles. The molecule has 2 aliphatic heterocycles. The fraction of sp³-hybridized carbons (Fsp3) is 0.769. The molecule has 0 aromatic rings. The lowest BCUT2D eigenvalue weighted by Crippen LogP contribution is -2.52. The fourth-order valence-corrected chi connectivity index (χ4v) is 2.66. The van der Waals surface area contributed by atoms with Crippen LogP contribution in [0.25, 0.3) is 0 Å². The number of rotatable bonds is 4. The molecule has 7 heteroatoms. The molecule has 0 radical (unpaired) electrons. The summed E-state index contributed by atoms with van der Waals surface area (Å²) in [4.78, 5) is 36.1. The molecule has 2 amide bonds. The molecule has 1 atom stereocenters. The lowest BCUT2D eigenvalue weighted by atomic mass is 9.97. The Kier molecular flexibility index (Phi) is 4.94. The standard InChI is InChI=1S/C13H21N3O4/c17-11(8-15-10-2-1-5-14-12(10)18)16-6-3-9(4-7-16)13(19)20/h9-10,15H,1-8H2,(H,14,18)(H,19,20). The summed E-state index contributed by atoms with van der Waals surface area (Å²) in [7, 11) is 0. The SMILES string of the molecule is O=C(O)C1CCN(C(=O)CNC2CCCNC2=O)CC1. The fourth-order valence-electron chi connectivity index (χ4n) is 2.66. The van der Waals surface area contributed by atoms with Crippen molar-refractivity contribution in [1.82, 2.24) is 15.5 Å². The monoisotopic (exact) mass is 283 g/mol. The maximum absolute atomic E-state index is 12.0. The van der Waals surface area contributed by atoms with Crippen molar-refractivity contribution in [3.05, 3.63) is 0 Å². The summed E-state index contributed by atoms with van der Waals surface area (Å²) in [5.41, 5.74) is 0. The molecular weight excluding hydrogens is 262 g/mol. The minimum absolute atomic E-state index is 0.0476. The molecule has 3 N–H and O–H groups in total. The van der Waals surface area contributed by atoms with E-state index in [0.29, 0.717) is 32.5 Å². The molecule has 112 valence electrons. The van der Waals surface area contributed by atoms with E-state index in [1.165, 1.54) is 0 Å². The van der Waals surface area contributed by atoms with E-state index >= 15 is 0 Å². The van der Waals surface area contributed by atoms with Crippen LogP contribution in [0.3, 0.4) is 0 Å². The summed E-state index contributed by atoms with van der Waals surface area (Å²) in [5.74, 6) is -1.23. The Labute approximate surface area is 117 Å². The molecule has 2 aliphatic rings. The van der Waals surface area contributed by atoms with Crippen molar-refractivity contribution >= 4 is 17.8 Å². The molecule has 2 saturated heterocycles. The van der Waals surface area contributed by atoms with Crippen LogP contribution in [0.2, 0.25) is 0 Å². The highest BCUT2D eigenvalue weighted by Gasteiger charge is 2.28. The number of carboxylic acid groups (broad SMARTS) is 1. The molecule has 1 unspecified atom stereocenters. The number of likely N-dealkylation sites (tertiary alicyclic amines) is 1. The van der Waals surface area contributed by atoms with Crippen molar-refractivity contribution in [2.75, 3.05) is 26.2 Å². The van der Waals surface area contributed by atoms with Crippen LogP contribution in [0.5, 0.6) is 0 Å². The van der Waals surface area contributed by atoms with Crippen LogP contribution in [0, 0.1) is 5.92 Å². The van der Waals surface area contributed by atoms with Crippen molar-refractivity contribution < 1.29 is 19.5 Å². The van der Waals surface area contributed by atoms with Crippen LogP contribution >= 0.6 is 0 Å². The molecule has 2 fully saturated rings. The quantitative estimate of drug-likeness (QED) is 0.626. The van der Waals surface area contributed by atoms with E-state index in [0.717, 1.165) is 12.8 Å². The maximum atomic E-state index is 12.0. The average molecular weight is 283 g/mol. The molecule has 20 heavy (non-hydrogen) atoms. The van der Waals surface area contributed by atoms with Crippen molar-refractivity contribution in [1.29, 1.82) is 0 Å². The zero-order chi connectivity index (χ0) is 14.5. The molecule has 0 bridgehead atoms. The van der Waals surface area contributed by atoms with Crippen LogP contribution in [0.1, 0.15) is 25.7 Å². The lowest BCUT2D eigenvalue weighted by molar-refractivity contribution is -0.145.